The zero-order chi connectivity index (χ0) is 12.5. The van der Waals surface area contributed by atoms with Gasteiger partial charge in [-0.25, -0.2) is 4.98 Å². The molecular weight excluding hydrogens is 343 g/mol. The van der Waals surface area contributed by atoms with E-state index in [1.807, 2.05) is 31.3 Å². The van der Waals surface area contributed by atoms with Crippen molar-refractivity contribution in [3.05, 3.63) is 28.1 Å². The smallest absolute Gasteiger partial charge is 0.145 e. The van der Waals surface area contributed by atoms with Crippen molar-refractivity contribution in [3.63, 3.8) is 0 Å². The monoisotopic (exact) mass is 356 g/mol. The van der Waals surface area contributed by atoms with Gasteiger partial charge < -0.3 is 14.0 Å². The van der Waals surface area contributed by atoms with Crippen LogP contribution in [0.5, 0.6) is 11.5 Å². The number of aromatic nitrogens is 2. The Morgan fingerprint density at radius 3 is 3.22 bits per heavy atom. The molecule has 94 valence electrons. The molecular formula is C13H13IN2O2. The number of hydrogen-bond donors (Lipinski definition) is 0. The summed E-state index contributed by atoms with van der Waals surface area (Å²) in [7, 11) is 0. The average Bonchev–Trinajstić information content (AvgIpc) is 2.63. The molecule has 0 fully saturated rings. The van der Waals surface area contributed by atoms with Crippen molar-refractivity contribution < 1.29 is 9.47 Å². The van der Waals surface area contributed by atoms with Crippen LogP contribution >= 0.6 is 22.6 Å². The van der Waals surface area contributed by atoms with Gasteiger partial charge in [-0.1, -0.05) is 0 Å². The number of ether oxygens (including phenoxy) is 2. The maximum absolute atomic E-state index is 5.77. The molecule has 18 heavy (non-hydrogen) atoms. The van der Waals surface area contributed by atoms with Crippen LogP contribution in [0.2, 0.25) is 0 Å². The highest BCUT2D eigenvalue weighted by Gasteiger charge is 2.18. The van der Waals surface area contributed by atoms with Crippen LogP contribution in [0.4, 0.5) is 0 Å². The van der Waals surface area contributed by atoms with Gasteiger partial charge in [-0.2, -0.15) is 0 Å². The second kappa shape index (κ2) is 4.79. The Bertz CT molecular complexity index is 580. The first-order chi connectivity index (χ1) is 8.78. The van der Waals surface area contributed by atoms with Crippen LogP contribution in [-0.2, 0) is 6.54 Å². The van der Waals surface area contributed by atoms with E-state index in [1.165, 1.54) is 0 Å². The summed E-state index contributed by atoms with van der Waals surface area (Å²) in [5.74, 6) is 2.66. The molecule has 0 aliphatic carbocycles. The molecule has 0 atom stereocenters. The van der Waals surface area contributed by atoms with Gasteiger partial charge in [-0.3, -0.25) is 0 Å². The molecule has 0 saturated carbocycles. The van der Waals surface area contributed by atoms with E-state index in [-0.39, 0.29) is 0 Å². The molecule has 1 aliphatic heterocycles. The minimum Gasteiger partial charge on any atom is -0.494 e. The fourth-order valence-electron chi connectivity index (χ4n) is 2.09. The zero-order valence-corrected chi connectivity index (χ0v) is 12.2. The number of nitrogens with zero attached hydrogens (tertiary/aromatic N) is 2. The first-order valence-corrected chi connectivity index (χ1v) is 6.98. The quantitative estimate of drug-likeness (QED) is 0.777. The number of rotatable bonds is 2. The number of benzene rings is 1. The van der Waals surface area contributed by atoms with Gasteiger partial charge in [0.1, 0.15) is 27.6 Å². The van der Waals surface area contributed by atoms with Gasteiger partial charge in [0.25, 0.3) is 0 Å². The Kier molecular flexibility index (Phi) is 3.15. The molecule has 0 unspecified atom stereocenters. The van der Waals surface area contributed by atoms with Crippen LogP contribution in [0.15, 0.2) is 24.4 Å². The van der Waals surface area contributed by atoms with Gasteiger partial charge in [-0.05, 0) is 41.6 Å². The van der Waals surface area contributed by atoms with Gasteiger partial charge in [0, 0.05) is 12.3 Å². The summed E-state index contributed by atoms with van der Waals surface area (Å²) in [5, 5.41) is 0. The second-order valence-electron chi connectivity index (χ2n) is 4.02. The molecule has 1 aromatic heterocycles. The topological polar surface area (TPSA) is 36.3 Å². The van der Waals surface area contributed by atoms with Crippen LogP contribution in [0, 0.1) is 3.70 Å². The summed E-state index contributed by atoms with van der Waals surface area (Å²) in [6.07, 6.45) is 2.05. The molecule has 2 aromatic rings. The van der Waals surface area contributed by atoms with Gasteiger partial charge in [-0.15, -0.1) is 0 Å². The van der Waals surface area contributed by atoms with Gasteiger partial charge >= 0.3 is 0 Å². The summed E-state index contributed by atoms with van der Waals surface area (Å²) in [4.78, 5) is 4.56. The lowest BCUT2D eigenvalue weighted by atomic mass is 10.2. The summed E-state index contributed by atoms with van der Waals surface area (Å²) in [6, 6.07) is 5.92. The first-order valence-electron chi connectivity index (χ1n) is 5.90. The van der Waals surface area contributed by atoms with Crippen molar-refractivity contribution in [2.45, 2.75) is 13.5 Å². The molecule has 1 aromatic carbocycles. The molecule has 0 radical (unpaired) electrons. The predicted octanol–water partition coefficient (Wildman–Crippen LogP) is 2.95. The van der Waals surface area contributed by atoms with E-state index in [9.17, 15) is 0 Å². The minimum absolute atomic E-state index is 0.655. The molecule has 0 N–H and O–H groups in total. The van der Waals surface area contributed by atoms with E-state index in [0.717, 1.165) is 33.1 Å². The molecule has 2 heterocycles. The molecule has 1 aliphatic rings. The average molecular weight is 356 g/mol. The van der Waals surface area contributed by atoms with Crippen LogP contribution in [-0.4, -0.2) is 22.8 Å². The van der Waals surface area contributed by atoms with E-state index >= 15 is 0 Å². The second-order valence-corrected chi connectivity index (χ2v) is 5.13. The first kappa shape index (κ1) is 11.8. The molecule has 4 nitrogen and oxygen atoms in total. The van der Waals surface area contributed by atoms with E-state index in [2.05, 4.69) is 32.1 Å². The molecule has 5 heteroatoms. The van der Waals surface area contributed by atoms with E-state index in [0.29, 0.717) is 13.2 Å². The summed E-state index contributed by atoms with van der Waals surface area (Å²) in [5.41, 5.74) is 1.03. The van der Waals surface area contributed by atoms with Crippen molar-refractivity contribution in [1.29, 1.82) is 0 Å². The normalized spacial score (nSPS) is 13.2. The van der Waals surface area contributed by atoms with E-state index < -0.39 is 0 Å². The van der Waals surface area contributed by atoms with Crippen molar-refractivity contribution in [2.24, 2.45) is 0 Å². The van der Waals surface area contributed by atoms with Crippen molar-refractivity contribution >= 4 is 22.6 Å². The summed E-state index contributed by atoms with van der Waals surface area (Å²) < 4.78 is 14.4. The highest BCUT2D eigenvalue weighted by molar-refractivity contribution is 14.1. The fraction of sp³-hybridized carbons (Fsp3) is 0.308. The number of hydrogen-bond acceptors (Lipinski definition) is 3. The fourth-order valence-corrected chi connectivity index (χ4v) is 2.65. The Balaban J connectivity index is 2.10. The molecule has 3 rings (SSSR count). The molecule has 0 amide bonds. The minimum atomic E-state index is 0.655. The maximum Gasteiger partial charge on any atom is 0.145 e. The van der Waals surface area contributed by atoms with Crippen LogP contribution < -0.4 is 9.47 Å². The van der Waals surface area contributed by atoms with Crippen molar-refractivity contribution in [3.8, 4) is 22.9 Å². The highest BCUT2D eigenvalue weighted by atomic mass is 127. The Morgan fingerprint density at radius 1 is 1.50 bits per heavy atom. The summed E-state index contributed by atoms with van der Waals surface area (Å²) >= 11 is 2.23. The van der Waals surface area contributed by atoms with E-state index in [4.69, 9.17) is 9.47 Å². The molecule has 0 bridgehead atoms. The highest BCUT2D eigenvalue weighted by Crippen LogP contribution is 2.35. The van der Waals surface area contributed by atoms with E-state index in [1.54, 1.807) is 0 Å². The third-order valence-corrected chi connectivity index (χ3v) is 3.36. The number of imidazole rings is 1. The Morgan fingerprint density at radius 2 is 2.39 bits per heavy atom. The largest absolute Gasteiger partial charge is 0.494 e. The van der Waals surface area contributed by atoms with Crippen molar-refractivity contribution in [1.82, 2.24) is 9.55 Å². The SMILES string of the molecule is CCOc1ccc2c(c1)OCCn1cc(I)nc1-2. The third kappa shape index (κ3) is 2.07. The maximum atomic E-state index is 5.77. The Hall–Kier alpha value is -1.24. The lowest BCUT2D eigenvalue weighted by Gasteiger charge is -2.09. The van der Waals surface area contributed by atoms with Crippen LogP contribution in [0.3, 0.4) is 0 Å². The van der Waals surface area contributed by atoms with Gasteiger partial charge in [0.15, 0.2) is 0 Å². The third-order valence-electron chi connectivity index (χ3n) is 2.84. The molecule has 0 saturated heterocycles. The van der Waals surface area contributed by atoms with Crippen molar-refractivity contribution in [2.75, 3.05) is 13.2 Å². The lowest BCUT2D eigenvalue weighted by molar-refractivity contribution is 0.301. The summed E-state index contributed by atoms with van der Waals surface area (Å²) in [6.45, 7) is 4.11. The lowest BCUT2D eigenvalue weighted by Crippen LogP contribution is -2.04. The van der Waals surface area contributed by atoms with Gasteiger partial charge in [0.05, 0.1) is 18.7 Å². The van der Waals surface area contributed by atoms with Crippen LogP contribution in [0.1, 0.15) is 6.92 Å². The molecule has 0 spiro atoms. The number of halogens is 1. The van der Waals surface area contributed by atoms with Crippen LogP contribution in [0.25, 0.3) is 11.4 Å². The number of fused-ring (bicyclic) bond motifs is 3. The zero-order valence-electron chi connectivity index (χ0n) is 10.0. The van der Waals surface area contributed by atoms with Gasteiger partial charge in [0.2, 0.25) is 0 Å². The standard InChI is InChI=1S/C13H13IN2O2/c1-2-17-9-3-4-10-11(7-9)18-6-5-16-8-12(14)15-13(10)16/h3-4,7-8H,2,5-6H2,1H3. The Labute approximate surface area is 119 Å². The predicted molar refractivity (Wildman–Crippen MR) is 77.0 cm³/mol.